The van der Waals surface area contributed by atoms with Gasteiger partial charge in [0.05, 0.1) is 10.9 Å². The van der Waals surface area contributed by atoms with Gasteiger partial charge < -0.3 is 0 Å². The Balaban J connectivity index is 1.68. The number of rotatable bonds is 3. The quantitative estimate of drug-likeness (QED) is 0.610. The van der Waals surface area contributed by atoms with E-state index in [9.17, 15) is 14.4 Å². The highest BCUT2D eigenvalue weighted by atomic mass is 16.2. The van der Waals surface area contributed by atoms with E-state index in [1.54, 1.807) is 6.92 Å². The van der Waals surface area contributed by atoms with Crippen molar-refractivity contribution in [2.75, 3.05) is 0 Å². The molecule has 0 spiro atoms. The minimum absolute atomic E-state index is 0.160. The molecule has 1 aromatic carbocycles. The molecule has 1 atom stereocenters. The summed E-state index contributed by atoms with van der Waals surface area (Å²) in [6, 6.07) is 5.24. The number of fused-ring (bicyclic) bond motifs is 1. The second-order valence-corrected chi connectivity index (χ2v) is 9.23. The number of benzene rings is 1. The predicted octanol–water partition coefficient (Wildman–Crippen LogP) is 3.06. The van der Waals surface area contributed by atoms with Crippen LogP contribution in [0.3, 0.4) is 0 Å². The predicted molar refractivity (Wildman–Crippen MR) is 124 cm³/mol. The highest BCUT2D eigenvalue weighted by Gasteiger charge is 2.31. The molecule has 1 saturated carbocycles. The number of nitrogens with one attached hydrogen (secondary N) is 1. The SMILES string of the molecule is Cc1nc2cccc(BC3CCCCCCCCC3)c2c(=O)n1[C@H]1CCC(=O)NC1=O. The number of hydrogen-bond donors (Lipinski definition) is 1. The number of piperidine rings is 1. The number of carbonyl (C=O) groups excluding carboxylic acids is 2. The van der Waals surface area contributed by atoms with Crippen molar-refractivity contribution in [1.29, 1.82) is 0 Å². The minimum Gasteiger partial charge on any atom is -0.295 e. The van der Waals surface area contributed by atoms with Gasteiger partial charge in [-0.25, -0.2) is 4.98 Å². The smallest absolute Gasteiger partial charge is 0.261 e. The lowest BCUT2D eigenvalue weighted by molar-refractivity contribution is -0.135. The monoisotopic (exact) mass is 421 g/mol. The molecule has 31 heavy (non-hydrogen) atoms. The van der Waals surface area contributed by atoms with Crippen LogP contribution in [0.1, 0.15) is 82.5 Å². The van der Waals surface area contributed by atoms with Crippen LogP contribution < -0.4 is 16.3 Å². The van der Waals surface area contributed by atoms with Crippen molar-refractivity contribution in [1.82, 2.24) is 14.9 Å². The van der Waals surface area contributed by atoms with Crippen LogP contribution in [0.25, 0.3) is 10.9 Å². The Hall–Kier alpha value is -2.44. The third-order valence-corrected chi connectivity index (χ3v) is 6.95. The Morgan fingerprint density at radius 3 is 2.32 bits per heavy atom. The molecule has 2 amide bonds. The topological polar surface area (TPSA) is 81.1 Å². The van der Waals surface area contributed by atoms with Crippen LogP contribution in [-0.4, -0.2) is 28.6 Å². The molecule has 4 rings (SSSR count). The number of amides is 2. The summed E-state index contributed by atoms with van der Waals surface area (Å²) >= 11 is 0. The number of carbonyl (C=O) groups is 2. The van der Waals surface area contributed by atoms with Gasteiger partial charge in [-0.05, 0) is 19.4 Å². The van der Waals surface area contributed by atoms with Gasteiger partial charge in [0.1, 0.15) is 11.9 Å². The van der Waals surface area contributed by atoms with Gasteiger partial charge >= 0.3 is 0 Å². The third kappa shape index (κ3) is 4.91. The lowest BCUT2D eigenvalue weighted by atomic mass is 9.55. The number of aryl methyl sites for hydroxylation is 1. The summed E-state index contributed by atoms with van der Waals surface area (Å²) in [5, 5.41) is 3.00. The molecule has 6 nitrogen and oxygen atoms in total. The van der Waals surface area contributed by atoms with E-state index in [-0.39, 0.29) is 17.9 Å². The second-order valence-electron chi connectivity index (χ2n) is 9.23. The normalized spacial score (nSPS) is 21.6. The minimum atomic E-state index is -0.677. The van der Waals surface area contributed by atoms with Crippen molar-refractivity contribution < 1.29 is 9.59 Å². The second kappa shape index (κ2) is 9.79. The Kier molecular flexibility index (Phi) is 6.88. The molecule has 2 heterocycles. The van der Waals surface area contributed by atoms with Crippen LogP contribution in [0.2, 0.25) is 5.82 Å². The lowest BCUT2D eigenvalue weighted by Gasteiger charge is -2.25. The van der Waals surface area contributed by atoms with Crippen molar-refractivity contribution in [2.24, 2.45) is 0 Å². The molecule has 164 valence electrons. The zero-order chi connectivity index (χ0) is 21.8. The molecular weight excluding hydrogens is 389 g/mol. The third-order valence-electron chi connectivity index (χ3n) is 6.95. The summed E-state index contributed by atoms with van der Waals surface area (Å²) in [5.41, 5.74) is 1.58. The molecule has 2 aromatic rings. The highest BCUT2D eigenvalue weighted by Crippen LogP contribution is 2.26. The number of nitrogens with zero attached hydrogens (tertiary/aromatic N) is 2. The molecule has 0 unspecified atom stereocenters. The van der Waals surface area contributed by atoms with E-state index < -0.39 is 11.9 Å². The van der Waals surface area contributed by atoms with E-state index in [1.165, 1.54) is 62.4 Å². The maximum atomic E-state index is 13.6. The van der Waals surface area contributed by atoms with Gasteiger partial charge in [-0.15, -0.1) is 0 Å². The highest BCUT2D eigenvalue weighted by molar-refractivity contribution is 6.58. The van der Waals surface area contributed by atoms with Crippen molar-refractivity contribution in [2.45, 2.75) is 89.4 Å². The average molecular weight is 421 g/mol. The van der Waals surface area contributed by atoms with Crippen LogP contribution in [0.15, 0.2) is 23.0 Å². The van der Waals surface area contributed by atoms with Gasteiger partial charge in [-0.3, -0.25) is 24.3 Å². The number of imide groups is 1. The van der Waals surface area contributed by atoms with Gasteiger partial charge in [-0.2, -0.15) is 0 Å². The molecule has 0 radical (unpaired) electrons. The van der Waals surface area contributed by atoms with E-state index in [0.29, 0.717) is 29.0 Å². The Morgan fingerprint density at radius 2 is 1.65 bits per heavy atom. The van der Waals surface area contributed by atoms with Crippen molar-refractivity contribution in [3.63, 3.8) is 0 Å². The first kappa shape index (κ1) is 21.8. The van der Waals surface area contributed by atoms with Gasteiger partial charge in [0.2, 0.25) is 11.8 Å². The Bertz CT molecular complexity index is 1020. The van der Waals surface area contributed by atoms with Crippen LogP contribution in [0.5, 0.6) is 0 Å². The standard InChI is InChI=1S/C24H32BN3O3/c1-16-26-19-13-9-12-18(25-17-10-7-5-3-2-4-6-8-11-17)22(19)24(31)28(16)20-14-15-21(29)27-23(20)30/h9,12-13,17,20,25H,2-8,10-11,14-15H2,1H3,(H,27,29,30)/t20-/m0/s1. The van der Waals surface area contributed by atoms with E-state index in [4.69, 9.17) is 0 Å². The first-order chi connectivity index (χ1) is 15.0. The van der Waals surface area contributed by atoms with E-state index in [2.05, 4.69) is 16.4 Å². The molecule has 2 fully saturated rings. The molecule has 1 aliphatic carbocycles. The average Bonchev–Trinajstić information content (AvgIpc) is 2.74. The zero-order valence-corrected chi connectivity index (χ0v) is 18.5. The van der Waals surface area contributed by atoms with Crippen molar-refractivity contribution in [3.8, 4) is 0 Å². The fourth-order valence-electron chi connectivity index (χ4n) is 5.30. The van der Waals surface area contributed by atoms with Gasteiger partial charge in [-0.1, -0.05) is 81.2 Å². The Morgan fingerprint density at radius 1 is 0.968 bits per heavy atom. The summed E-state index contributed by atoms with van der Waals surface area (Å²) in [6.45, 7) is 1.76. The molecule has 2 aliphatic rings. The fourth-order valence-corrected chi connectivity index (χ4v) is 5.30. The lowest BCUT2D eigenvalue weighted by Crippen LogP contribution is -2.45. The maximum absolute atomic E-state index is 13.6. The molecule has 7 heteroatoms. The number of hydrogen-bond acceptors (Lipinski definition) is 4. The van der Waals surface area contributed by atoms with Gasteiger partial charge in [0.15, 0.2) is 7.28 Å². The summed E-state index contributed by atoms with van der Waals surface area (Å²) in [7, 11) is 0.882. The van der Waals surface area contributed by atoms with Crippen LogP contribution in [-0.2, 0) is 9.59 Å². The van der Waals surface area contributed by atoms with Crippen molar-refractivity contribution >= 4 is 35.5 Å². The first-order valence-electron chi connectivity index (χ1n) is 11.9. The largest absolute Gasteiger partial charge is 0.295 e. The molecule has 1 aliphatic heterocycles. The van der Waals surface area contributed by atoms with E-state index in [0.717, 1.165) is 12.7 Å². The van der Waals surface area contributed by atoms with E-state index in [1.807, 2.05) is 12.1 Å². The molecule has 1 N–H and O–H groups in total. The molecule has 1 saturated heterocycles. The summed E-state index contributed by atoms with van der Waals surface area (Å²) in [5.74, 6) is 0.404. The van der Waals surface area contributed by atoms with Crippen LogP contribution >= 0.6 is 0 Å². The van der Waals surface area contributed by atoms with Crippen LogP contribution in [0, 0.1) is 6.92 Å². The van der Waals surface area contributed by atoms with Crippen LogP contribution in [0.4, 0.5) is 0 Å². The molecule has 1 aromatic heterocycles. The zero-order valence-electron chi connectivity index (χ0n) is 18.5. The van der Waals surface area contributed by atoms with Crippen molar-refractivity contribution in [3.05, 3.63) is 34.4 Å². The molecule has 0 bridgehead atoms. The Labute approximate surface area is 184 Å². The van der Waals surface area contributed by atoms with E-state index >= 15 is 0 Å². The summed E-state index contributed by atoms with van der Waals surface area (Å²) < 4.78 is 1.50. The molecular formula is C24H32BN3O3. The summed E-state index contributed by atoms with van der Waals surface area (Å²) in [6.07, 6.45) is 12.1. The van der Waals surface area contributed by atoms with Gasteiger partial charge in [0.25, 0.3) is 5.56 Å². The van der Waals surface area contributed by atoms with Gasteiger partial charge in [0, 0.05) is 6.42 Å². The first-order valence-corrected chi connectivity index (χ1v) is 11.9. The maximum Gasteiger partial charge on any atom is 0.261 e. The summed E-state index contributed by atoms with van der Waals surface area (Å²) in [4.78, 5) is 42.3. The number of aromatic nitrogens is 2. The fraction of sp³-hybridized carbons (Fsp3) is 0.583.